The molecule has 1 aliphatic heterocycles. The lowest BCUT2D eigenvalue weighted by molar-refractivity contribution is 0.166. The summed E-state index contributed by atoms with van der Waals surface area (Å²) in [6.07, 6.45) is 7.26. The van der Waals surface area contributed by atoms with Gasteiger partial charge in [0.1, 0.15) is 17.6 Å². The first-order valence-electron chi connectivity index (χ1n) is 6.67. The van der Waals surface area contributed by atoms with Crippen LogP contribution in [0.3, 0.4) is 0 Å². The van der Waals surface area contributed by atoms with E-state index in [1.54, 1.807) is 0 Å². The van der Waals surface area contributed by atoms with Crippen LogP contribution in [0, 0.1) is 6.92 Å². The van der Waals surface area contributed by atoms with Gasteiger partial charge in [0.15, 0.2) is 0 Å². The smallest absolute Gasteiger partial charge is 0.125 e. The number of allylic oxidation sites excluding steroid dienone is 1. The molecule has 1 atom stereocenters. The van der Waals surface area contributed by atoms with Crippen LogP contribution in [0.1, 0.15) is 43.7 Å². The number of rotatable bonds is 5. The maximum Gasteiger partial charge on any atom is 0.125 e. The third-order valence-electron chi connectivity index (χ3n) is 2.94. The maximum absolute atomic E-state index is 5.77. The Morgan fingerprint density at radius 3 is 3.06 bits per heavy atom. The highest BCUT2D eigenvalue weighted by Gasteiger charge is 2.20. The second-order valence-corrected chi connectivity index (χ2v) is 4.51. The molecular formula is C14H21N3O. The normalized spacial score (nSPS) is 16.9. The van der Waals surface area contributed by atoms with Gasteiger partial charge in [0.25, 0.3) is 0 Å². The van der Waals surface area contributed by atoms with E-state index in [1.807, 2.05) is 19.2 Å². The summed E-state index contributed by atoms with van der Waals surface area (Å²) in [4.78, 5) is 8.66. The molecule has 0 saturated heterocycles. The van der Waals surface area contributed by atoms with Gasteiger partial charge in [-0.3, -0.25) is 0 Å². The highest BCUT2D eigenvalue weighted by molar-refractivity contribution is 5.19. The molecule has 4 heteroatoms. The van der Waals surface area contributed by atoms with Gasteiger partial charge in [-0.2, -0.15) is 0 Å². The van der Waals surface area contributed by atoms with Gasteiger partial charge in [-0.15, -0.1) is 0 Å². The standard InChI is InChI=1S/C14H21N3O/c1-3-8-16-14(13-6-4-5-10-18-13)12-7-9-15-11(2)17-12/h6-7,9,14,16H,3-5,8,10H2,1-2H3. The van der Waals surface area contributed by atoms with E-state index in [0.717, 1.165) is 49.7 Å². The van der Waals surface area contributed by atoms with E-state index in [4.69, 9.17) is 4.74 Å². The first-order valence-corrected chi connectivity index (χ1v) is 6.67. The number of aryl methyl sites for hydroxylation is 1. The Morgan fingerprint density at radius 1 is 1.50 bits per heavy atom. The molecule has 2 heterocycles. The molecule has 0 radical (unpaired) electrons. The van der Waals surface area contributed by atoms with E-state index in [0.29, 0.717) is 0 Å². The van der Waals surface area contributed by atoms with Gasteiger partial charge < -0.3 is 10.1 Å². The largest absolute Gasteiger partial charge is 0.496 e. The minimum atomic E-state index is 0.0620. The van der Waals surface area contributed by atoms with Gasteiger partial charge in [-0.25, -0.2) is 9.97 Å². The van der Waals surface area contributed by atoms with E-state index in [1.165, 1.54) is 0 Å². The van der Waals surface area contributed by atoms with Crippen LogP contribution in [-0.4, -0.2) is 23.1 Å². The Kier molecular flexibility index (Phi) is 4.70. The van der Waals surface area contributed by atoms with Crippen molar-refractivity contribution in [3.63, 3.8) is 0 Å². The first-order chi connectivity index (χ1) is 8.81. The number of nitrogens with zero attached hydrogens (tertiary/aromatic N) is 2. The zero-order chi connectivity index (χ0) is 12.8. The van der Waals surface area contributed by atoms with Crippen molar-refractivity contribution in [1.82, 2.24) is 15.3 Å². The molecule has 0 saturated carbocycles. The predicted octanol–water partition coefficient (Wildman–Crippen LogP) is 2.52. The summed E-state index contributed by atoms with van der Waals surface area (Å²) in [6.45, 7) is 5.83. The summed E-state index contributed by atoms with van der Waals surface area (Å²) in [5, 5.41) is 3.50. The number of hydrogen-bond acceptors (Lipinski definition) is 4. The summed E-state index contributed by atoms with van der Waals surface area (Å²) in [5.41, 5.74) is 0.990. The number of aromatic nitrogens is 2. The molecule has 0 bridgehead atoms. The number of hydrogen-bond donors (Lipinski definition) is 1. The van der Waals surface area contributed by atoms with E-state index < -0.39 is 0 Å². The summed E-state index contributed by atoms with van der Waals surface area (Å²) < 4.78 is 5.77. The van der Waals surface area contributed by atoms with Gasteiger partial charge in [0.05, 0.1) is 12.3 Å². The minimum Gasteiger partial charge on any atom is -0.496 e. The van der Waals surface area contributed by atoms with Crippen molar-refractivity contribution >= 4 is 0 Å². The average Bonchev–Trinajstić information content (AvgIpc) is 2.40. The van der Waals surface area contributed by atoms with Crippen molar-refractivity contribution in [2.45, 2.75) is 39.2 Å². The first kappa shape index (κ1) is 13.0. The Hall–Kier alpha value is -1.42. The van der Waals surface area contributed by atoms with E-state index in [-0.39, 0.29) is 6.04 Å². The lowest BCUT2D eigenvalue weighted by atomic mass is 10.1. The molecule has 0 fully saturated rings. The van der Waals surface area contributed by atoms with Gasteiger partial charge in [-0.05, 0) is 44.9 Å². The highest BCUT2D eigenvalue weighted by atomic mass is 16.5. The van der Waals surface area contributed by atoms with Crippen LogP contribution >= 0.6 is 0 Å². The second-order valence-electron chi connectivity index (χ2n) is 4.51. The molecule has 18 heavy (non-hydrogen) atoms. The van der Waals surface area contributed by atoms with Gasteiger partial charge >= 0.3 is 0 Å². The molecule has 1 N–H and O–H groups in total. The molecule has 0 spiro atoms. The fraction of sp³-hybridized carbons (Fsp3) is 0.571. The van der Waals surface area contributed by atoms with Crippen LogP contribution in [0.4, 0.5) is 0 Å². The molecular weight excluding hydrogens is 226 g/mol. The van der Waals surface area contributed by atoms with Crippen molar-refractivity contribution < 1.29 is 4.74 Å². The Morgan fingerprint density at radius 2 is 2.39 bits per heavy atom. The molecule has 98 valence electrons. The zero-order valence-corrected chi connectivity index (χ0v) is 11.1. The van der Waals surface area contributed by atoms with Crippen LogP contribution < -0.4 is 5.32 Å². The minimum absolute atomic E-state index is 0.0620. The quantitative estimate of drug-likeness (QED) is 0.868. The Labute approximate surface area is 108 Å². The molecule has 0 aromatic carbocycles. The lowest BCUT2D eigenvalue weighted by Gasteiger charge is -2.24. The topological polar surface area (TPSA) is 47.0 Å². The molecule has 1 aromatic heterocycles. The predicted molar refractivity (Wildman–Crippen MR) is 71.1 cm³/mol. The van der Waals surface area contributed by atoms with Crippen molar-refractivity contribution in [3.8, 4) is 0 Å². The van der Waals surface area contributed by atoms with Gasteiger partial charge in [0, 0.05) is 6.20 Å². The molecule has 1 unspecified atom stereocenters. The van der Waals surface area contributed by atoms with Crippen LogP contribution in [0.25, 0.3) is 0 Å². The molecule has 4 nitrogen and oxygen atoms in total. The van der Waals surface area contributed by atoms with Crippen LogP contribution in [0.2, 0.25) is 0 Å². The summed E-state index contributed by atoms with van der Waals surface area (Å²) in [7, 11) is 0. The van der Waals surface area contributed by atoms with E-state index in [2.05, 4.69) is 28.3 Å². The third kappa shape index (κ3) is 3.29. The van der Waals surface area contributed by atoms with Gasteiger partial charge in [0.2, 0.25) is 0 Å². The van der Waals surface area contributed by atoms with Crippen LogP contribution in [-0.2, 0) is 4.74 Å². The Bertz CT molecular complexity index is 417. The third-order valence-corrected chi connectivity index (χ3v) is 2.94. The molecule has 1 aliphatic rings. The molecule has 1 aromatic rings. The lowest BCUT2D eigenvalue weighted by Crippen LogP contribution is -2.27. The van der Waals surface area contributed by atoms with Crippen molar-refractivity contribution in [3.05, 3.63) is 35.6 Å². The highest BCUT2D eigenvalue weighted by Crippen LogP contribution is 2.24. The molecule has 2 rings (SSSR count). The second kappa shape index (κ2) is 6.50. The summed E-state index contributed by atoms with van der Waals surface area (Å²) >= 11 is 0. The fourth-order valence-corrected chi connectivity index (χ4v) is 2.05. The fourth-order valence-electron chi connectivity index (χ4n) is 2.05. The van der Waals surface area contributed by atoms with E-state index in [9.17, 15) is 0 Å². The van der Waals surface area contributed by atoms with Crippen molar-refractivity contribution in [2.24, 2.45) is 0 Å². The van der Waals surface area contributed by atoms with Gasteiger partial charge in [-0.1, -0.05) is 6.92 Å². The monoisotopic (exact) mass is 247 g/mol. The SMILES string of the molecule is CCCNC(C1=CCCCO1)c1ccnc(C)n1. The van der Waals surface area contributed by atoms with Crippen LogP contribution in [0.15, 0.2) is 24.1 Å². The molecule has 0 aliphatic carbocycles. The summed E-state index contributed by atoms with van der Waals surface area (Å²) in [5.74, 6) is 1.81. The van der Waals surface area contributed by atoms with Crippen LogP contribution in [0.5, 0.6) is 0 Å². The zero-order valence-electron chi connectivity index (χ0n) is 11.1. The van der Waals surface area contributed by atoms with Crippen molar-refractivity contribution in [1.29, 1.82) is 0 Å². The summed E-state index contributed by atoms with van der Waals surface area (Å²) in [6, 6.07) is 2.02. The molecule has 0 amide bonds. The average molecular weight is 247 g/mol. The van der Waals surface area contributed by atoms with E-state index >= 15 is 0 Å². The number of nitrogens with one attached hydrogen (secondary N) is 1. The Balaban J connectivity index is 2.21. The maximum atomic E-state index is 5.77. The number of ether oxygens (including phenoxy) is 1. The van der Waals surface area contributed by atoms with Crippen molar-refractivity contribution in [2.75, 3.05) is 13.2 Å².